The van der Waals surface area contributed by atoms with Crippen molar-refractivity contribution in [1.82, 2.24) is 15.0 Å². The van der Waals surface area contributed by atoms with E-state index in [0.717, 1.165) is 22.2 Å². The Bertz CT molecular complexity index is 1180. The number of nitrogens with one attached hydrogen (secondary N) is 1. The van der Waals surface area contributed by atoms with Crippen molar-refractivity contribution < 1.29 is 14.3 Å². The molecule has 0 unspecified atom stereocenters. The molecule has 29 heavy (non-hydrogen) atoms. The first-order chi connectivity index (χ1) is 14.2. The summed E-state index contributed by atoms with van der Waals surface area (Å²) in [7, 11) is 2.84. The van der Waals surface area contributed by atoms with Gasteiger partial charge in [-0.15, -0.1) is 0 Å². The van der Waals surface area contributed by atoms with Crippen molar-refractivity contribution in [1.29, 1.82) is 0 Å². The maximum Gasteiger partial charge on any atom is 0.341 e. The molecule has 2 aromatic carbocycles. The van der Waals surface area contributed by atoms with E-state index in [1.54, 1.807) is 30.6 Å². The fourth-order valence-electron chi connectivity index (χ4n) is 2.99. The second kappa shape index (κ2) is 7.93. The summed E-state index contributed by atoms with van der Waals surface area (Å²) in [5.74, 6) is 1.19. The molecule has 0 fully saturated rings. The summed E-state index contributed by atoms with van der Waals surface area (Å²) in [5, 5.41) is 4.19. The molecule has 0 bridgehead atoms. The van der Waals surface area contributed by atoms with Gasteiger partial charge >= 0.3 is 5.97 Å². The average Bonchev–Trinajstić information content (AvgIpc) is 2.79. The van der Waals surface area contributed by atoms with Gasteiger partial charge in [-0.1, -0.05) is 12.1 Å². The molecule has 0 saturated heterocycles. The predicted molar refractivity (Wildman–Crippen MR) is 110 cm³/mol. The summed E-state index contributed by atoms with van der Waals surface area (Å²) in [6.07, 6.45) is 3.41. The second-order valence-electron chi connectivity index (χ2n) is 6.18. The molecule has 0 atom stereocenters. The highest BCUT2D eigenvalue weighted by molar-refractivity contribution is 5.95. The van der Waals surface area contributed by atoms with Crippen LogP contribution in [0.4, 0.5) is 11.5 Å². The average molecular weight is 386 g/mol. The van der Waals surface area contributed by atoms with E-state index in [9.17, 15) is 4.79 Å². The Morgan fingerprint density at radius 2 is 1.76 bits per heavy atom. The van der Waals surface area contributed by atoms with Crippen molar-refractivity contribution in [3.05, 3.63) is 72.6 Å². The molecule has 0 aliphatic rings. The van der Waals surface area contributed by atoms with Gasteiger partial charge in [-0.2, -0.15) is 0 Å². The first-order valence-corrected chi connectivity index (χ1v) is 8.90. The van der Waals surface area contributed by atoms with Crippen LogP contribution in [0.5, 0.6) is 5.75 Å². The van der Waals surface area contributed by atoms with Crippen LogP contribution in [0.1, 0.15) is 10.4 Å². The third-order valence-electron chi connectivity index (χ3n) is 4.41. The van der Waals surface area contributed by atoms with Crippen molar-refractivity contribution in [2.75, 3.05) is 19.5 Å². The molecule has 0 radical (unpaired) electrons. The van der Waals surface area contributed by atoms with E-state index >= 15 is 0 Å². The van der Waals surface area contributed by atoms with Crippen molar-refractivity contribution in [2.45, 2.75) is 0 Å². The summed E-state index contributed by atoms with van der Waals surface area (Å²) >= 11 is 0. The SMILES string of the molecule is COC(=O)c1ccc(Nc2nc(-c3ccncc3)nc3ccccc23)cc1OC. The number of hydrogen-bond acceptors (Lipinski definition) is 7. The number of benzene rings is 2. The van der Waals surface area contributed by atoms with Gasteiger partial charge in [0.2, 0.25) is 0 Å². The van der Waals surface area contributed by atoms with Gasteiger partial charge in [0.15, 0.2) is 5.82 Å². The molecule has 7 nitrogen and oxygen atoms in total. The number of esters is 1. The summed E-state index contributed by atoms with van der Waals surface area (Å²) in [5.41, 5.74) is 2.76. The van der Waals surface area contributed by atoms with Crippen LogP contribution >= 0.6 is 0 Å². The predicted octanol–water partition coefficient (Wildman–Crippen LogP) is 4.23. The summed E-state index contributed by atoms with van der Waals surface area (Å²) in [6, 6.07) is 16.6. The maximum atomic E-state index is 11.9. The fourth-order valence-corrected chi connectivity index (χ4v) is 2.99. The lowest BCUT2D eigenvalue weighted by Crippen LogP contribution is -2.05. The third-order valence-corrected chi connectivity index (χ3v) is 4.41. The summed E-state index contributed by atoms with van der Waals surface area (Å²) < 4.78 is 10.1. The zero-order valence-electron chi connectivity index (χ0n) is 15.9. The number of fused-ring (bicyclic) bond motifs is 1. The fraction of sp³-hybridized carbons (Fsp3) is 0.0909. The minimum atomic E-state index is -0.458. The quantitative estimate of drug-likeness (QED) is 0.514. The van der Waals surface area contributed by atoms with Crippen molar-refractivity contribution in [2.24, 2.45) is 0 Å². The molecule has 1 N–H and O–H groups in total. The largest absolute Gasteiger partial charge is 0.496 e. The van der Waals surface area contributed by atoms with Crippen molar-refractivity contribution in [3.8, 4) is 17.1 Å². The zero-order valence-corrected chi connectivity index (χ0v) is 15.9. The number of hydrogen-bond donors (Lipinski definition) is 1. The summed E-state index contributed by atoms with van der Waals surface area (Å²) in [4.78, 5) is 25.3. The molecule has 0 aliphatic heterocycles. The van der Waals surface area contributed by atoms with E-state index in [2.05, 4.69) is 15.3 Å². The number of carbonyl (C=O) groups is 1. The Balaban J connectivity index is 1.79. The minimum absolute atomic E-state index is 0.352. The number of para-hydroxylation sites is 1. The summed E-state index contributed by atoms with van der Waals surface area (Å²) in [6.45, 7) is 0. The highest BCUT2D eigenvalue weighted by Gasteiger charge is 2.15. The molecule has 4 aromatic rings. The Morgan fingerprint density at radius 3 is 2.52 bits per heavy atom. The highest BCUT2D eigenvalue weighted by atomic mass is 16.5. The normalized spacial score (nSPS) is 10.6. The van der Waals surface area contributed by atoms with Crippen LogP contribution in [0.3, 0.4) is 0 Å². The lowest BCUT2D eigenvalue weighted by molar-refractivity contribution is 0.0597. The number of aromatic nitrogens is 3. The van der Waals surface area contributed by atoms with Gasteiger partial charge in [0, 0.05) is 35.1 Å². The maximum absolute atomic E-state index is 11.9. The first kappa shape index (κ1) is 18.4. The number of methoxy groups -OCH3 is 2. The first-order valence-electron chi connectivity index (χ1n) is 8.90. The molecule has 0 aliphatic carbocycles. The van der Waals surface area contributed by atoms with Crippen molar-refractivity contribution in [3.63, 3.8) is 0 Å². The number of rotatable bonds is 5. The van der Waals surface area contributed by atoms with Crippen LogP contribution in [0, 0.1) is 0 Å². The van der Waals surface area contributed by atoms with Gasteiger partial charge < -0.3 is 14.8 Å². The molecular formula is C22H18N4O3. The van der Waals surface area contributed by atoms with Gasteiger partial charge in [-0.25, -0.2) is 14.8 Å². The van der Waals surface area contributed by atoms with Crippen molar-refractivity contribution >= 4 is 28.4 Å². The van der Waals surface area contributed by atoms with Gasteiger partial charge in [0.05, 0.1) is 19.7 Å². The molecule has 2 aromatic heterocycles. The molecule has 144 valence electrons. The number of ether oxygens (including phenoxy) is 2. The number of nitrogens with zero attached hydrogens (tertiary/aromatic N) is 3. The molecule has 0 spiro atoms. The van der Waals surface area contributed by atoms with Crippen LogP contribution in [0.15, 0.2) is 67.0 Å². The van der Waals surface area contributed by atoms with E-state index < -0.39 is 5.97 Å². The lowest BCUT2D eigenvalue weighted by atomic mass is 10.1. The van der Waals surface area contributed by atoms with Crippen LogP contribution in [0.25, 0.3) is 22.3 Å². The molecule has 2 heterocycles. The topological polar surface area (TPSA) is 86.2 Å². The monoisotopic (exact) mass is 386 g/mol. The van der Waals surface area contributed by atoms with Crippen LogP contribution < -0.4 is 10.1 Å². The van der Waals surface area contributed by atoms with Gasteiger partial charge in [-0.3, -0.25) is 4.98 Å². The molecule has 0 amide bonds. The molecule has 7 heteroatoms. The molecular weight excluding hydrogens is 368 g/mol. The second-order valence-corrected chi connectivity index (χ2v) is 6.18. The van der Waals surface area contributed by atoms with E-state index in [1.807, 2.05) is 36.4 Å². The van der Waals surface area contributed by atoms with E-state index in [0.29, 0.717) is 23.0 Å². The lowest BCUT2D eigenvalue weighted by Gasteiger charge is -2.13. The van der Waals surface area contributed by atoms with Crippen LogP contribution in [0.2, 0.25) is 0 Å². The number of carbonyl (C=O) groups excluding carboxylic acids is 1. The Morgan fingerprint density at radius 1 is 0.966 bits per heavy atom. The molecule has 0 saturated carbocycles. The van der Waals surface area contributed by atoms with Gasteiger partial charge in [-0.05, 0) is 36.4 Å². The number of pyridine rings is 1. The Kier molecular flexibility index (Phi) is 5.03. The van der Waals surface area contributed by atoms with E-state index in [4.69, 9.17) is 14.5 Å². The smallest absolute Gasteiger partial charge is 0.341 e. The van der Waals surface area contributed by atoms with Gasteiger partial charge in [0.1, 0.15) is 17.1 Å². The zero-order chi connectivity index (χ0) is 20.2. The number of anilines is 2. The Labute approximate surface area is 167 Å². The van der Waals surface area contributed by atoms with Crippen LogP contribution in [-0.2, 0) is 4.74 Å². The Hall–Kier alpha value is -4.00. The van der Waals surface area contributed by atoms with E-state index in [1.165, 1.54) is 14.2 Å². The van der Waals surface area contributed by atoms with Crippen LogP contribution in [-0.4, -0.2) is 35.1 Å². The van der Waals surface area contributed by atoms with E-state index in [-0.39, 0.29) is 0 Å². The highest BCUT2D eigenvalue weighted by Crippen LogP contribution is 2.30. The minimum Gasteiger partial charge on any atom is -0.496 e. The third kappa shape index (κ3) is 3.70. The standard InChI is InChI=1S/C22H18N4O3/c1-28-19-13-15(7-8-17(19)22(27)29-2)24-21-16-5-3-4-6-18(16)25-20(26-21)14-9-11-23-12-10-14/h3-13H,1-2H3,(H,24,25,26). The molecule has 4 rings (SSSR count). The van der Waals surface area contributed by atoms with Gasteiger partial charge in [0.25, 0.3) is 0 Å².